The van der Waals surface area contributed by atoms with Crippen molar-refractivity contribution in [3.63, 3.8) is 0 Å². The molecule has 0 aliphatic rings. The quantitative estimate of drug-likeness (QED) is 0.668. The average molecular weight is 258 g/mol. The van der Waals surface area contributed by atoms with Crippen LogP contribution in [0.5, 0.6) is 0 Å². The van der Waals surface area contributed by atoms with E-state index >= 15 is 0 Å². The molecule has 0 aliphatic carbocycles. The van der Waals surface area contributed by atoms with Crippen LogP contribution in [0.2, 0.25) is 0 Å². The highest BCUT2D eigenvalue weighted by molar-refractivity contribution is 5.67. The maximum atomic E-state index is 11.0. The van der Waals surface area contributed by atoms with Gasteiger partial charge in [0.25, 0.3) is 5.69 Å². The van der Waals surface area contributed by atoms with Crippen LogP contribution >= 0.6 is 0 Å². The molecule has 2 aromatic rings. The number of para-hydroxylation sites is 1. The second kappa shape index (κ2) is 5.53. The van der Waals surface area contributed by atoms with E-state index in [0.717, 1.165) is 5.69 Å². The summed E-state index contributed by atoms with van der Waals surface area (Å²) in [6.07, 6.45) is 2.20. The summed E-state index contributed by atoms with van der Waals surface area (Å²) in [5.41, 5.74) is 6.91. The van der Waals surface area contributed by atoms with Crippen molar-refractivity contribution < 1.29 is 4.92 Å². The third kappa shape index (κ3) is 3.11. The molecule has 2 N–H and O–H groups in total. The maximum absolute atomic E-state index is 11.0. The van der Waals surface area contributed by atoms with Crippen LogP contribution in [0.15, 0.2) is 36.5 Å². The van der Waals surface area contributed by atoms with Gasteiger partial charge in [-0.2, -0.15) is 0 Å². The third-order valence-electron chi connectivity index (χ3n) is 2.59. The lowest BCUT2D eigenvalue weighted by Gasteiger charge is -2.06. The zero-order chi connectivity index (χ0) is 13.8. The first-order valence-corrected chi connectivity index (χ1v) is 5.89. The van der Waals surface area contributed by atoms with Gasteiger partial charge in [-0.15, -0.1) is 0 Å². The normalized spacial score (nSPS) is 12.1. The Morgan fingerprint density at radius 3 is 2.79 bits per heavy atom. The summed E-state index contributed by atoms with van der Waals surface area (Å²) in [5, 5.41) is 11.0. The van der Waals surface area contributed by atoms with E-state index in [1.165, 1.54) is 6.07 Å². The summed E-state index contributed by atoms with van der Waals surface area (Å²) in [6.45, 7) is 1.88. The van der Waals surface area contributed by atoms with Crippen molar-refractivity contribution >= 4 is 5.69 Å². The number of nitrogens with two attached hydrogens (primary N) is 1. The van der Waals surface area contributed by atoms with Gasteiger partial charge < -0.3 is 5.73 Å². The molecular formula is C13H14N4O2. The Morgan fingerprint density at radius 1 is 1.37 bits per heavy atom. The van der Waals surface area contributed by atoms with Gasteiger partial charge in [0.15, 0.2) is 5.82 Å². The van der Waals surface area contributed by atoms with Gasteiger partial charge in [-0.3, -0.25) is 10.1 Å². The van der Waals surface area contributed by atoms with Gasteiger partial charge in [-0.25, -0.2) is 9.97 Å². The predicted octanol–water partition coefficient (Wildman–Crippen LogP) is 1.94. The van der Waals surface area contributed by atoms with Crippen LogP contribution in [0.4, 0.5) is 5.69 Å². The minimum absolute atomic E-state index is 0.000414. The molecule has 0 saturated heterocycles. The number of nitro groups is 1. The van der Waals surface area contributed by atoms with Gasteiger partial charge in [-0.1, -0.05) is 12.1 Å². The molecule has 0 radical (unpaired) electrons. The monoisotopic (exact) mass is 258 g/mol. The van der Waals surface area contributed by atoms with E-state index in [0.29, 0.717) is 17.8 Å². The summed E-state index contributed by atoms with van der Waals surface area (Å²) in [4.78, 5) is 19.0. The van der Waals surface area contributed by atoms with Gasteiger partial charge >= 0.3 is 0 Å². The Hall–Kier alpha value is -2.34. The molecule has 2 rings (SSSR count). The Kier molecular flexibility index (Phi) is 3.82. The first-order chi connectivity index (χ1) is 9.08. The third-order valence-corrected chi connectivity index (χ3v) is 2.59. The van der Waals surface area contributed by atoms with Crippen molar-refractivity contribution in [2.75, 3.05) is 0 Å². The van der Waals surface area contributed by atoms with Crippen molar-refractivity contribution in [1.29, 1.82) is 0 Å². The van der Waals surface area contributed by atoms with Gasteiger partial charge in [0.2, 0.25) is 0 Å². The lowest BCUT2D eigenvalue weighted by atomic mass is 10.1. The molecule has 1 aromatic carbocycles. The fraction of sp³-hybridized carbons (Fsp3) is 0.231. The van der Waals surface area contributed by atoms with E-state index in [1.54, 1.807) is 30.5 Å². The number of hydrogen-bond donors (Lipinski definition) is 1. The highest BCUT2D eigenvalue weighted by atomic mass is 16.6. The average Bonchev–Trinajstić information content (AvgIpc) is 2.38. The van der Waals surface area contributed by atoms with E-state index < -0.39 is 4.92 Å². The summed E-state index contributed by atoms with van der Waals surface area (Å²) in [7, 11) is 0. The van der Waals surface area contributed by atoms with E-state index in [2.05, 4.69) is 9.97 Å². The lowest BCUT2D eigenvalue weighted by molar-refractivity contribution is -0.384. The second-order valence-electron chi connectivity index (χ2n) is 4.33. The van der Waals surface area contributed by atoms with Crippen LogP contribution in [0.1, 0.15) is 12.6 Å². The minimum atomic E-state index is -0.434. The molecule has 0 saturated carbocycles. The molecule has 1 aromatic heterocycles. The van der Waals surface area contributed by atoms with Gasteiger partial charge in [0.1, 0.15) is 0 Å². The SMILES string of the molecule is CC(N)Cc1ccnc(-c2ccccc2[N+](=O)[O-])n1. The molecule has 1 heterocycles. The maximum Gasteiger partial charge on any atom is 0.280 e. The topological polar surface area (TPSA) is 94.9 Å². The number of aromatic nitrogens is 2. The highest BCUT2D eigenvalue weighted by Gasteiger charge is 2.16. The molecular weight excluding hydrogens is 244 g/mol. The minimum Gasteiger partial charge on any atom is -0.328 e. The molecule has 1 atom stereocenters. The van der Waals surface area contributed by atoms with Gasteiger partial charge in [0.05, 0.1) is 10.5 Å². The fourth-order valence-electron chi connectivity index (χ4n) is 1.79. The van der Waals surface area contributed by atoms with Crippen molar-refractivity contribution in [2.45, 2.75) is 19.4 Å². The Balaban J connectivity index is 2.44. The van der Waals surface area contributed by atoms with Crippen molar-refractivity contribution in [3.05, 3.63) is 52.3 Å². The van der Waals surface area contributed by atoms with Crippen LogP contribution < -0.4 is 5.73 Å². The van der Waals surface area contributed by atoms with E-state index in [1.807, 2.05) is 6.92 Å². The predicted molar refractivity (Wildman–Crippen MR) is 71.5 cm³/mol. The molecule has 0 spiro atoms. The zero-order valence-corrected chi connectivity index (χ0v) is 10.5. The zero-order valence-electron chi connectivity index (χ0n) is 10.5. The number of nitro benzene ring substituents is 1. The molecule has 98 valence electrons. The van der Waals surface area contributed by atoms with Crippen LogP contribution in [-0.4, -0.2) is 20.9 Å². The van der Waals surface area contributed by atoms with Crippen molar-refractivity contribution in [1.82, 2.24) is 9.97 Å². The Morgan fingerprint density at radius 2 is 2.11 bits per heavy atom. The number of hydrogen-bond acceptors (Lipinski definition) is 5. The fourth-order valence-corrected chi connectivity index (χ4v) is 1.79. The van der Waals surface area contributed by atoms with Crippen molar-refractivity contribution in [2.24, 2.45) is 5.73 Å². The molecule has 6 nitrogen and oxygen atoms in total. The summed E-state index contributed by atoms with van der Waals surface area (Å²) in [6, 6.07) is 8.17. The van der Waals surface area contributed by atoms with Crippen LogP contribution in [-0.2, 0) is 6.42 Å². The largest absolute Gasteiger partial charge is 0.328 e. The molecule has 1 unspecified atom stereocenters. The smallest absolute Gasteiger partial charge is 0.280 e. The molecule has 0 bridgehead atoms. The van der Waals surface area contributed by atoms with Gasteiger partial charge in [0, 0.05) is 30.4 Å². The standard InChI is InChI=1S/C13H14N4O2/c1-9(14)8-10-6-7-15-13(16-10)11-4-2-3-5-12(11)17(18)19/h2-7,9H,8,14H2,1H3. The van der Waals surface area contributed by atoms with E-state index in [-0.39, 0.29) is 11.7 Å². The second-order valence-corrected chi connectivity index (χ2v) is 4.33. The molecule has 0 fully saturated rings. The Bertz CT molecular complexity index is 599. The number of rotatable bonds is 4. The van der Waals surface area contributed by atoms with Crippen LogP contribution in [0.25, 0.3) is 11.4 Å². The first-order valence-electron chi connectivity index (χ1n) is 5.89. The van der Waals surface area contributed by atoms with Gasteiger partial charge in [-0.05, 0) is 19.1 Å². The van der Waals surface area contributed by atoms with E-state index in [4.69, 9.17) is 5.73 Å². The Labute approximate surface area is 110 Å². The lowest BCUT2D eigenvalue weighted by Crippen LogP contribution is -2.18. The van der Waals surface area contributed by atoms with E-state index in [9.17, 15) is 10.1 Å². The highest BCUT2D eigenvalue weighted by Crippen LogP contribution is 2.26. The molecule has 0 amide bonds. The summed E-state index contributed by atoms with van der Waals surface area (Å²) >= 11 is 0. The van der Waals surface area contributed by atoms with Crippen molar-refractivity contribution in [3.8, 4) is 11.4 Å². The summed E-state index contributed by atoms with van der Waals surface area (Å²) in [5.74, 6) is 0.352. The number of benzene rings is 1. The number of nitrogens with zero attached hydrogens (tertiary/aromatic N) is 3. The molecule has 6 heteroatoms. The van der Waals surface area contributed by atoms with Crippen LogP contribution in [0.3, 0.4) is 0 Å². The molecule has 19 heavy (non-hydrogen) atoms. The van der Waals surface area contributed by atoms with Crippen LogP contribution in [0, 0.1) is 10.1 Å². The molecule has 0 aliphatic heterocycles. The summed E-state index contributed by atoms with van der Waals surface area (Å²) < 4.78 is 0. The first kappa shape index (κ1) is 13.1.